The molecule has 1 aliphatic rings. The molecule has 2 aromatic rings. The second kappa shape index (κ2) is 3.91. The predicted octanol–water partition coefficient (Wildman–Crippen LogP) is 3.74. The van der Waals surface area contributed by atoms with E-state index in [0.717, 1.165) is 17.0 Å². The Morgan fingerprint density at radius 2 is 1.94 bits per heavy atom. The van der Waals surface area contributed by atoms with Gasteiger partial charge in [0.1, 0.15) is 12.4 Å². The van der Waals surface area contributed by atoms with E-state index in [0.29, 0.717) is 6.61 Å². The Kier molecular flexibility index (Phi) is 2.50. The van der Waals surface area contributed by atoms with Crippen LogP contribution in [0, 0.1) is 10.5 Å². The van der Waals surface area contributed by atoms with Crippen LogP contribution in [0.4, 0.5) is 5.69 Å². The minimum Gasteiger partial charge on any atom is -0.487 e. The number of hydrogen-bond donors (Lipinski definition) is 1. The molecule has 0 radical (unpaired) electrons. The quantitative estimate of drug-likeness (QED) is 0.587. The fourth-order valence-corrected chi connectivity index (χ4v) is 2.78. The molecule has 0 fully saturated rings. The SMILES string of the molecule is Cc1ccc2c(c1I)OCc1cc(N)ccc1-2. The summed E-state index contributed by atoms with van der Waals surface area (Å²) in [6.07, 6.45) is 0. The van der Waals surface area contributed by atoms with Crippen LogP contribution in [0.2, 0.25) is 0 Å². The molecule has 3 heteroatoms. The van der Waals surface area contributed by atoms with Gasteiger partial charge in [0.05, 0.1) is 3.57 Å². The van der Waals surface area contributed by atoms with E-state index < -0.39 is 0 Å². The number of hydrogen-bond acceptors (Lipinski definition) is 2. The van der Waals surface area contributed by atoms with Gasteiger partial charge in [0.25, 0.3) is 0 Å². The molecule has 0 bridgehead atoms. The second-order valence-corrected chi connectivity index (χ2v) is 5.36. The summed E-state index contributed by atoms with van der Waals surface area (Å²) >= 11 is 2.34. The Hall–Kier alpha value is -1.23. The van der Waals surface area contributed by atoms with Gasteiger partial charge in [-0.2, -0.15) is 0 Å². The van der Waals surface area contributed by atoms with E-state index >= 15 is 0 Å². The van der Waals surface area contributed by atoms with Gasteiger partial charge in [0.15, 0.2) is 0 Å². The van der Waals surface area contributed by atoms with Crippen LogP contribution < -0.4 is 10.5 Å². The first-order chi connectivity index (χ1) is 8.16. The molecule has 2 N–H and O–H groups in total. The van der Waals surface area contributed by atoms with Gasteiger partial charge >= 0.3 is 0 Å². The molecule has 2 nitrogen and oxygen atoms in total. The molecule has 3 rings (SSSR count). The van der Waals surface area contributed by atoms with E-state index in [-0.39, 0.29) is 0 Å². The lowest BCUT2D eigenvalue weighted by Crippen LogP contribution is -2.08. The monoisotopic (exact) mass is 337 g/mol. The fraction of sp³-hybridized carbons (Fsp3) is 0.143. The summed E-state index contributed by atoms with van der Waals surface area (Å²) in [5.41, 5.74) is 11.4. The van der Waals surface area contributed by atoms with Gasteiger partial charge in [-0.1, -0.05) is 18.2 Å². The summed E-state index contributed by atoms with van der Waals surface area (Å²) < 4.78 is 7.05. The highest BCUT2D eigenvalue weighted by molar-refractivity contribution is 14.1. The van der Waals surface area contributed by atoms with E-state index in [1.165, 1.54) is 20.3 Å². The molecular weight excluding hydrogens is 325 g/mol. The first-order valence-electron chi connectivity index (χ1n) is 5.47. The van der Waals surface area contributed by atoms with Crippen molar-refractivity contribution < 1.29 is 4.74 Å². The van der Waals surface area contributed by atoms with Crippen molar-refractivity contribution >= 4 is 28.3 Å². The number of halogens is 1. The normalized spacial score (nSPS) is 12.6. The fourth-order valence-electron chi connectivity index (χ4n) is 2.15. The summed E-state index contributed by atoms with van der Waals surface area (Å²) in [5.74, 6) is 1.00. The summed E-state index contributed by atoms with van der Waals surface area (Å²) in [6.45, 7) is 2.71. The van der Waals surface area contributed by atoms with Crippen molar-refractivity contribution in [3.8, 4) is 16.9 Å². The number of nitrogens with two attached hydrogens (primary N) is 1. The summed E-state index contributed by atoms with van der Waals surface area (Å²) in [6, 6.07) is 10.3. The van der Waals surface area contributed by atoms with E-state index in [1.807, 2.05) is 12.1 Å². The molecule has 0 atom stereocenters. The van der Waals surface area contributed by atoms with Crippen molar-refractivity contribution in [1.82, 2.24) is 0 Å². The first-order valence-corrected chi connectivity index (χ1v) is 6.55. The highest BCUT2D eigenvalue weighted by atomic mass is 127. The van der Waals surface area contributed by atoms with Crippen LogP contribution >= 0.6 is 22.6 Å². The zero-order valence-corrected chi connectivity index (χ0v) is 11.6. The molecule has 0 amide bonds. The van der Waals surface area contributed by atoms with Crippen molar-refractivity contribution in [3.05, 3.63) is 45.0 Å². The predicted molar refractivity (Wildman–Crippen MR) is 78.1 cm³/mol. The minimum absolute atomic E-state index is 0.604. The Balaban J connectivity index is 2.27. The van der Waals surface area contributed by atoms with Crippen LogP contribution in [0.1, 0.15) is 11.1 Å². The van der Waals surface area contributed by atoms with Crippen LogP contribution in [0.25, 0.3) is 11.1 Å². The van der Waals surface area contributed by atoms with Crippen molar-refractivity contribution in [2.24, 2.45) is 0 Å². The van der Waals surface area contributed by atoms with Gasteiger partial charge in [-0.25, -0.2) is 0 Å². The number of nitrogen functional groups attached to an aromatic ring is 1. The number of rotatable bonds is 0. The largest absolute Gasteiger partial charge is 0.487 e. The number of ether oxygens (including phenoxy) is 1. The topological polar surface area (TPSA) is 35.2 Å². The summed E-state index contributed by atoms with van der Waals surface area (Å²) in [4.78, 5) is 0. The minimum atomic E-state index is 0.604. The lowest BCUT2D eigenvalue weighted by atomic mass is 9.96. The van der Waals surface area contributed by atoms with Gasteiger partial charge in [-0.15, -0.1) is 0 Å². The maximum absolute atomic E-state index is 5.85. The Morgan fingerprint density at radius 1 is 1.18 bits per heavy atom. The third-order valence-electron chi connectivity index (χ3n) is 3.08. The molecule has 17 heavy (non-hydrogen) atoms. The molecule has 0 saturated carbocycles. The highest BCUT2D eigenvalue weighted by Gasteiger charge is 2.20. The maximum atomic E-state index is 5.85. The van der Waals surface area contributed by atoms with Gasteiger partial charge in [-0.05, 0) is 58.3 Å². The van der Waals surface area contributed by atoms with Gasteiger partial charge in [-0.3, -0.25) is 0 Å². The molecule has 2 aromatic carbocycles. The van der Waals surface area contributed by atoms with E-state index in [9.17, 15) is 0 Å². The average molecular weight is 337 g/mol. The number of benzene rings is 2. The molecule has 0 aliphatic carbocycles. The summed E-state index contributed by atoms with van der Waals surface area (Å²) in [5, 5.41) is 0. The molecule has 1 heterocycles. The van der Waals surface area contributed by atoms with E-state index in [2.05, 4.69) is 47.7 Å². The first kappa shape index (κ1) is 10.9. The number of anilines is 1. The zero-order chi connectivity index (χ0) is 12.0. The maximum Gasteiger partial charge on any atom is 0.141 e. The van der Waals surface area contributed by atoms with Crippen molar-refractivity contribution in [3.63, 3.8) is 0 Å². The molecule has 0 spiro atoms. The smallest absolute Gasteiger partial charge is 0.141 e. The van der Waals surface area contributed by atoms with Crippen molar-refractivity contribution in [1.29, 1.82) is 0 Å². The van der Waals surface area contributed by atoms with Crippen LogP contribution in [0.15, 0.2) is 30.3 Å². The van der Waals surface area contributed by atoms with E-state index in [1.54, 1.807) is 0 Å². The number of aryl methyl sites for hydroxylation is 1. The Morgan fingerprint density at radius 3 is 2.76 bits per heavy atom. The van der Waals surface area contributed by atoms with Crippen LogP contribution in [0.5, 0.6) is 5.75 Å². The van der Waals surface area contributed by atoms with Crippen molar-refractivity contribution in [2.45, 2.75) is 13.5 Å². The lowest BCUT2D eigenvalue weighted by Gasteiger charge is -2.23. The second-order valence-electron chi connectivity index (χ2n) is 4.28. The molecule has 1 aliphatic heterocycles. The number of fused-ring (bicyclic) bond motifs is 3. The third-order valence-corrected chi connectivity index (χ3v) is 4.42. The van der Waals surface area contributed by atoms with Crippen LogP contribution in [0.3, 0.4) is 0 Å². The molecule has 0 unspecified atom stereocenters. The molecule has 0 aromatic heterocycles. The average Bonchev–Trinajstić information content (AvgIpc) is 2.33. The van der Waals surface area contributed by atoms with Gasteiger partial charge in [0, 0.05) is 11.3 Å². The Labute approximate surface area is 114 Å². The standard InChI is InChI=1S/C14H12INO/c1-8-2-4-12-11-5-3-10(16)6-9(11)7-17-14(12)13(8)15/h2-6H,7,16H2,1H3. The van der Waals surface area contributed by atoms with Crippen LogP contribution in [-0.2, 0) is 6.61 Å². The van der Waals surface area contributed by atoms with Crippen molar-refractivity contribution in [2.75, 3.05) is 5.73 Å². The summed E-state index contributed by atoms with van der Waals surface area (Å²) in [7, 11) is 0. The zero-order valence-electron chi connectivity index (χ0n) is 9.46. The Bertz CT molecular complexity index is 607. The van der Waals surface area contributed by atoms with E-state index in [4.69, 9.17) is 10.5 Å². The molecular formula is C14H12INO. The third kappa shape index (κ3) is 1.69. The molecule has 86 valence electrons. The molecule has 0 saturated heterocycles. The lowest BCUT2D eigenvalue weighted by molar-refractivity contribution is 0.300. The van der Waals surface area contributed by atoms with Gasteiger partial charge < -0.3 is 10.5 Å². The highest BCUT2D eigenvalue weighted by Crippen LogP contribution is 2.41. The van der Waals surface area contributed by atoms with Gasteiger partial charge in [0.2, 0.25) is 0 Å². The van der Waals surface area contributed by atoms with Crippen LogP contribution in [-0.4, -0.2) is 0 Å².